The van der Waals surface area contributed by atoms with Gasteiger partial charge in [-0.1, -0.05) is 19.3 Å². The average molecular weight is 349 g/mol. The largest absolute Gasteiger partial charge is 0.341 e. The molecule has 2 aliphatic heterocycles. The summed E-state index contributed by atoms with van der Waals surface area (Å²) in [4.78, 5) is 12.0. The molecule has 134 valence electrons. The van der Waals surface area contributed by atoms with Gasteiger partial charge in [0.1, 0.15) is 0 Å². The van der Waals surface area contributed by atoms with E-state index in [-0.39, 0.29) is 0 Å². The lowest BCUT2D eigenvalue weighted by Gasteiger charge is -2.28. The predicted octanol–water partition coefficient (Wildman–Crippen LogP) is 4.10. The van der Waals surface area contributed by atoms with Gasteiger partial charge in [-0.3, -0.25) is 0 Å². The Morgan fingerprint density at radius 3 is 2.46 bits per heavy atom. The van der Waals surface area contributed by atoms with Gasteiger partial charge in [0.15, 0.2) is 0 Å². The first-order valence-corrected chi connectivity index (χ1v) is 10.8. The fraction of sp³-hybridized carbons (Fsp3) is 0.789. The highest BCUT2D eigenvalue weighted by atomic mass is 32.2. The molecular formula is C19H32N4S. The Kier molecular flexibility index (Phi) is 6.78. The molecule has 5 heteroatoms. The molecule has 0 amide bonds. The highest BCUT2D eigenvalue weighted by Gasteiger charge is 2.19. The Morgan fingerprint density at radius 2 is 1.79 bits per heavy atom. The highest BCUT2D eigenvalue weighted by molar-refractivity contribution is 7.99. The number of hydrogen-bond donors (Lipinski definition) is 1. The maximum atomic E-state index is 4.85. The summed E-state index contributed by atoms with van der Waals surface area (Å²) >= 11 is 2.08. The summed E-state index contributed by atoms with van der Waals surface area (Å²) in [5.74, 6) is 3.50. The first-order valence-electron chi connectivity index (χ1n) is 9.66. The van der Waals surface area contributed by atoms with Gasteiger partial charge in [-0.2, -0.15) is 11.8 Å². The molecule has 0 aromatic carbocycles. The SMILES string of the molecule is Cc1nc(N2CCCCCCC2)ncc1[C@H](C)NC1CCSCC1. The van der Waals surface area contributed by atoms with E-state index < -0.39 is 0 Å². The van der Waals surface area contributed by atoms with Crippen LogP contribution in [0.15, 0.2) is 6.20 Å². The van der Waals surface area contributed by atoms with E-state index in [1.165, 1.54) is 62.0 Å². The Morgan fingerprint density at radius 1 is 1.12 bits per heavy atom. The van der Waals surface area contributed by atoms with E-state index >= 15 is 0 Å². The van der Waals surface area contributed by atoms with E-state index in [2.05, 4.69) is 42.0 Å². The molecular weight excluding hydrogens is 316 g/mol. The monoisotopic (exact) mass is 348 g/mol. The molecule has 2 saturated heterocycles. The molecule has 0 unspecified atom stereocenters. The maximum Gasteiger partial charge on any atom is 0.225 e. The maximum absolute atomic E-state index is 4.85. The van der Waals surface area contributed by atoms with Crippen LogP contribution in [0.1, 0.15) is 69.2 Å². The summed E-state index contributed by atoms with van der Waals surface area (Å²) in [6, 6.07) is 0.981. The third kappa shape index (κ3) is 4.85. The molecule has 0 radical (unpaired) electrons. The Labute approximate surface area is 151 Å². The van der Waals surface area contributed by atoms with Gasteiger partial charge in [-0.05, 0) is 51.0 Å². The van der Waals surface area contributed by atoms with Crippen LogP contribution in [0.3, 0.4) is 0 Å². The molecule has 1 atom stereocenters. The second-order valence-corrected chi connectivity index (χ2v) is 8.47. The standard InChI is InChI=1S/C19H32N4S/c1-15(21-17-8-12-24-13-9-17)18-14-20-19(22-16(18)2)23-10-6-4-3-5-7-11-23/h14-15,17,21H,3-13H2,1-2H3/t15-/m0/s1. The Balaban J connectivity index is 1.64. The van der Waals surface area contributed by atoms with E-state index in [1.807, 2.05) is 0 Å². The van der Waals surface area contributed by atoms with Crippen molar-refractivity contribution in [2.24, 2.45) is 0 Å². The minimum Gasteiger partial charge on any atom is -0.341 e. The molecule has 0 aliphatic carbocycles. The number of hydrogen-bond acceptors (Lipinski definition) is 5. The van der Waals surface area contributed by atoms with Crippen LogP contribution in [0, 0.1) is 6.92 Å². The lowest BCUT2D eigenvalue weighted by Crippen LogP contribution is -2.35. The van der Waals surface area contributed by atoms with E-state index in [9.17, 15) is 0 Å². The smallest absolute Gasteiger partial charge is 0.225 e. The summed E-state index contributed by atoms with van der Waals surface area (Å²) in [6.45, 7) is 6.60. The van der Waals surface area contributed by atoms with Crippen LogP contribution < -0.4 is 10.2 Å². The molecule has 1 aromatic rings. The van der Waals surface area contributed by atoms with Crippen molar-refractivity contribution in [1.82, 2.24) is 15.3 Å². The zero-order valence-electron chi connectivity index (χ0n) is 15.3. The zero-order valence-corrected chi connectivity index (χ0v) is 16.1. The van der Waals surface area contributed by atoms with Crippen molar-refractivity contribution in [3.05, 3.63) is 17.5 Å². The van der Waals surface area contributed by atoms with E-state index in [0.29, 0.717) is 12.1 Å². The van der Waals surface area contributed by atoms with Crippen molar-refractivity contribution in [1.29, 1.82) is 0 Å². The van der Waals surface area contributed by atoms with Crippen molar-refractivity contribution in [3.8, 4) is 0 Å². The van der Waals surface area contributed by atoms with Crippen LogP contribution in [-0.4, -0.2) is 40.6 Å². The van der Waals surface area contributed by atoms with Gasteiger partial charge in [-0.15, -0.1) is 0 Å². The molecule has 4 nitrogen and oxygen atoms in total. The molecule has 1 aromatic heterocycles. The lowest BCUT2D eigenvalue weighted by atomic mass is 10.1. The first-order chi connectivity index (χ1) is 11.7. The number of rotatable bonds is 4. The van der Waals surface area contributed by atoms with Crippen molar-refractivity contribution < 1.29 is 0 Å². The quantitative estimate of drug-likeness (QED) is 0.887. The first kappa shape index (κ1) is 18.0. The number of nitrogens with zero attached hydrogens (tertiary/aromatic N) is 3. The molecule has 2 fully saturated rings. The van der Waals surface area contributed by atoms with Gasteiger partial charge in [0, 0.05) is 42.6 Å². The number of aryl methyl sites for hydroxylation is 1. The van der Waals surface area contributed by atoms with Crippen LogP contribution in [0.5, 0.6) is 0 Å². The fourth-order valence-corrected chi connectivity index (χ4v) is 4.90. The fourth-order valence-electron chi connectivity index (χ4n) is 3.80. The molecule has 0 bridgehead atoms. The highest BCUT2D eigenvalue weighted by Crippen LogP contribution is 2.23. The molecule has 0 saturated carbocycles. The third-order valence-corrected chi connectivity index (χ3v) is 6.37. The lowest BCUT2D eigenvalue weighted by molar-refractivity contribution is 0.429. The van der Waals surface area contributed by atoms with Crippen LogP contribution in [0.4, 0.5) is 5.95 Å². The topological polar surface area (TPSA) is 41.1 Å². The summed E-state index contributed by atoms with van der Waals surface area (Å²) in [7, 11) is 0. The molecule has 2 aliphatic rings. The van der Waals surface area contributed by atoms with E-state index in [1.54, 1.807) is 0 Å². The average Bonchev–Trinajstić information content (AvgIpc) is 2.55. The van der Waals surface area contributed by atoms with Gasteiger partial charge in [-0.25, -0.2) is 9.97 Å². The summed E-state index contributed by atoms with van der Waals surface area (Å²) < 4.78 is 0. The predicted molar refractivity (Wildman–Crippen MR) is 104 cm³/mol. The minimum absolute atomic E-state index is 0.333. The van der Waals surface area contributed by atoms with Crippen LogP contribution >= 0.6 is 11.8 Å². The van der Waals surface area contributed by atoms with E-state index in [4.69, 9.17) is 9.97 Å². The van der Waals surface area contributed by atoms with Crippen LogP contribution in [0.2, 0.25) is 0 Å². The van der Waals surface area contributed by atoms with Gasteiger partial charge in [0.2, 0.25) is 5.95 Å². The van der Waals surface area contributed by atoms with Gasteiger partial charge < -0.3 is 10.2 Å². The van der Waals surface area contributed by atoms with Crippen molar-refractivity contribution in [2.45, 2.75) is 70.9 Å². The minimum atomic E-state index is 0.333. The normalized spacial score (nSPS) is 22.0. The summed E-state index contributed by atoms with van der Waals surface area (Å²) in [5, 5.41) is 3.79. The third-order valence-electron chi connectivity index (χ3n) is 5.32. The summed E-state index contributed by atoms with van der Waals surface area (Å²) in [5.41, 5.74) is 2.39. The molecule has 3 rings (SSSR count). The molecule has 24 heavy (non-hydrogen) atoms. The number of thioether (sulfide) groups is 1. The second kappa shape index (κ2) is 9.04. The number of aromatic nitrogens is 2. The second-order valence-electron chi connectivity index (χ2n) is 7.24. The van der Waals surface area contributed by atoms with Gasteiger partial charge >= 0.3 is 0 Å². The van der Waals surface area contributed by atoms with Crippen LogP contribution in [-0.2, 0) is 0 Å². The summed E-state index contributed by atoms with van der Waals surface area (Å²) in [6.07, 6.45) is 11.2. The molecule has 3 heterocycles. The zero-order chi connectivity index (χ0) is 16.8. The van der Waals surface area contributed by atoms with E-state index in [0.717, 1.165) is 24.7 Å². The van der Waals surface area contributed by atoms with Crippen LogP contribution in [0.25, 0.3) is 0 Å². The van der Waals surface area contributed by atoms with Gasteiger partial charge in [0.05, 0.1) is 0 Å². The molecule has 1 N–H and O–H groups in total. The van der Waals surface area contributed by atoms with Crippen molar-refractivity contribution >= 4 is 17.7 Å². The number of anilines is 1. The number of nitrogens with one attached hydrogen (secondary N) is 1. The molecule has 0 spiro atoms. The Bertz CT molecular complexity index is 508. The van der Waals surface area contributed by atoms with Gasteiger partial charge in [0.25, 0.3) is 0 Å². The van der Waals surface area contributed by atoms with Crippen molar-refractivity contribution in [3.63, 3.8) is 0 Å². The van der Waals surface area contributed by atoms with Crippen molar-refractivity contribution in [2.75, 3.05) is 29.5 Å². The Hall–Kier alpha value is -0.810.